The molecule has 0 radical (unpaired) electrons. The second-order valence-corrected chi connectivity index (χ2v) is 6.76. The summed E-state index contributed by atoms with van der Waals surface area (Å²) in [5.41, 5.74) is 1.21. The van der Waals surface area contributed by atoms with Gasteiger partial charge in [0.05, 0.1) is 7.11 Å². The lowest BCUT2D eigenvalue weighted by molar-refractivity contribution is -0.138. The summed E-state index contributed by atoms with van der Waals surface area (Å²) in [7, 11) is 5.11. The van der Waals surface area contributed by atoms with Gasteiger partial charge in [-0.2, -0.15) is 0 Å². The zero-order chi connectivity index (χ0) is 17.3. The summed E-state index contributed by atoms with van der Waals surface area (Å²) in [5.74, 6) is 0.930. The third kappa shape index (κ3) is 3.24. The molecule has 2 saturated heterocycles. The van der Waals surface area contributed by atoms with Crippen molar-refractivity contribution in [2.24, 2.45) is 0 Å². The number of nitrogens with zero attached hydrogens (tertiary/aromatic N) is 3. The minimum absolute atomic E-state index is 0.0161. The van der Waals surface area contributed by atoms with E-state index in [2.05, 4.69) is 17.0 Å². The molecule has 1 aromatic carbocycles. The summed E-state index contributed by atoms with van der Waals surface area (Å²) in [6.45, 7) is 1.98. The van der Waals surface area contributed by atoms with Crippen molar-refractivity contribution < 1.29 is 14.3 Å². The minimum Gasteiger partial charge on any atom is -0.497 e. The monoisotopic (exact) mass is 331 g/mol. The van der Waals surface area contributed by atoms with E-state index in [4.69, 9.17) is 4.74 Å². The highest BCUT2D eigenvalue weighted by Crippen LogP contribution is 2.33. The highest BCUT2D eigenvalue weighted by molar-refractivity contribution is 5.86. The highest BCUT2D eigenvalue weighted by Gasteiger charge is 2.46. The molecule has 2 aliphatic heterocycles. The Bertz CT molecular complexity index is 614. The lowest BCUT2D eigenvalue weighted by Gasteiger charge is -2.26. The fourth-order valence-corrected chi connectivity index (χ4v) is 3.66. The Morgan fingerprint density at radius 2 is 1.96 bits per heavy atom. The Balaban J connectivity index is 1.65. The van der Waals surface area contributed by atoms with E-state index in [9.17, 15) is 9.59 Å². The van der Waals surface area contributed by atoms with Crippen LogP contribution in [0.2, 0.25) is 0 Å². The van der Waals surface area contributed by atoms with E-state index in [1.54, 1.807) is 31.0 Å². The number of likely N-dealkylation sites (N-methyl/N-ethyl adjacent to an activating group) is 1. The summed E-state index contributed by atoms with van der Waals surface area (Å²) in [6, 6.07) is 8.44. The third-order valence-electron chi connectivity index (χ3n) is 5.08. The number of rotatable bonds is 5. The normalized spacial score (nSPS) is 23.5. The number of methoxy groups -OCH3 is 1. The predicted molar refractivity (Wildman–Crippen MR) is 90.6 cm³/mol. The third-order valence-corrected chi connectivity index (χ3v) is 5.08. The van der Waals surface area contributed by atoms with Crippen LogP contribution in [0.5, 0.6) is 5.75 Å². The number of hydrogen-bond donors (Lipinski definition) is 0. The van der Waals surface area contributed by atoms with Gasteiger partial charge in [0.1, 0.15) is 12.3 Å². The van der Waals surface area contributed by atoms with Crippen molar-refractivity contribution in [3.05, 3.63) is 29.8 Å². The molecule has 6 heteroatoms. The van der Waals surface area contributed by atoms with E-state index in [0.717, 1.165) is 25.3 Å². The molecule has 0 spiro atoms. The Hall–Kier alpha value is -2.08. The van der Waals surface area contributed by atoms with Crippen LogP contribution in [0.1, 0.15) is 18.4 Å². The van der Waals surface area contributed by atoms with Crippen molar-refractivity contribution >= 4 is 11.8 Å². The summed E-state index contributed by atoms with van der Waals surface area (Å²) < 4.78 is 5.19. The molecule has 0 N–H and O–H groups in total. The second kappa shape index (κ2) is 6.81. The van der Waals surface area contributed by atoms with E-state index >= 15 is 0 Å². The van der Waals surface area contributed by atoms with Crippen LogP contribution < -0.4 is 4.74 Å². The van der Waals surface area contributed by atoms with Gasteiger partial charge in [0.15, 0.2) is 0 Å². The van der Waals surface area contributed by atoms with Crippen molar-refractivity contribution in [3.63, 3.8) is 0 Å². The quantitative estimate of drug-likeness (QED) is 0.806. The van der Waals surface area contributed by atoms with Crippen LogP contribution in [0.15, 0.2) is 24.3 Å². The van der Waals surface area contributed by atoms with Crippen LogP contribution in [0.25, 0.3) is 0 Å². The standard InChI is InChI=1S/C18H25N3O3/c1-19(2)18(23)12-21-15-8-9-20(16(15)10-17(21)22)11-13-4-6-14(24-3)7-5-13/h4-7,15-16H,8-12H2,1-3H3/t15-,16+/m0/s1. The molecule has 0 saturated carbocycles. The highest BCUT2D eigenvalue weighted by atomic mass is 16.5. The van der Waals surface area contributed by atoms with Crippen LogP contribution in [0.3, 0.4) is 0 Å². The first-order valence-electron chi connectivity index (χ1n) is 8.36. The average molecular weight is 331 g/mol. The molecule has 1 aromatic rings. The Kier molecular flexibility index (Phi) is 4.76. The SMILES string of the molecule is COc1ccc(CN2CC[C@H]3[C@H]2CC(=O)N3CC(=O)N(C)C)cc1. The van der Waals surface area contributed by atoms with Crippen molar-refractivity contribution in [3.8, 4) is 5.75 Å². The Labute approximate surface area is 143 Å². The number of benzene rings is 1. The number of fused-ring (bicyclic) bond motifs is 1. The van der Waals surface area contributed by atoms with Crippen LogP contribution in [-0.4, -0.2) is 72.9 Å². The maximum Gasteiger partial charge on any atom is 0.241 e. The predicted octanol–water partition coefficient (Wildman–Crippen LogP) is 0.959. The van der Waals surface area contributed by atoms with Crippen molar-refractivity contribution in [1.29, 1.82) is 0 Å². The first-order chi connectivity index (χ1) is 11.5. The Morgan fingerprint density at radius 3 is 2.58 bits per heavy atom. The topological polar surface area (TPSA) is 53.1 Å². The molecule has 130 valence electrons. The van der Waals surface area contributed by atoms with Crippen LogP contribution in [-0.2, 0) is 16.1 Å². The second-order valence-electron chi connectivity index (χ2n) is 6.76. The number of hydrogen-bond acceptors (Lipinski definition) is 4. The summed E-state index contributed by atoms with van der Waals surface area (Å²) in [6.07, 6.45) is 1.45. The molecule has 0 aromatic heterocycles. The summed E-state index contributed by atoms with van der Waals surface area (Å²) in [5, 5.41) is 0. The van der Waals surface area contributed by atoms with Crippen molar-refractivity contribution in [2.45, 2.75) is 31.5 Å². The van der Waals surface area contributed by atoms with Gasteiger partial charge >= 0.3 is 0 Å². The molecule has 2 aliphatic rings. The maximum atomic E-state index is 12.3. The number of ether oxygens (including phenoxy) is 1. The first kappa shape index (κ1) is 16.8. The van der Waals surface area contributed by atoms with Crippen molar-refractivity contribution in [2.75, 3.05) is 34.3 Å². The molecule has 2 fully saturated rings. The molecule has 0 bridgehead atoms. The lowest BCUT2D eigenvalue weighted by atomic mass is 10.1. The fourth-order valence-electron chi connectivity index (χ4n) is 3.66. The van der Waals surface area contributed by atoms with Crippen LogP contribution in [0, 0.1) is 0 Å². The average Bonchev–Trinajstić information content (AvgIpc) is 3.08. The molecular formula is C18H25N3O3. The largest absolute Gasteiger partial charge is 0.497 e. The number of carbonyl (C=O) groups excluding carboxylic acids is 2. The molecule has 2 heterocycles. The molecule has 0 unspecified atom stereocenters. The molecule has 6 nitrogen and oxygen atoms in total. The Morgan fingerprint density at radius 1 is 1.25 bits per heavy atom. The number of likely N-dealkylation sites (tertiary alicyclic amines) is 2. The fraction of sp³-hybridized carbons (Fsp3) is 0.556. The molecule has 2 atom stereocenters. The molecular weight excluding hydrogens is 306 g/mol. The van der Waals surface area contributed by atoms with Gasteiger partial charge in [-0.1, -0.05) is 12.1 Å². The van der Waals surface area contributed by atoms with E-state index in [1.165, 1.54) is 5.56 Å². The van der Waals surface area contributed by atoms with Gasteiger partial charge in [-0.3, -0.25) is 14.5 Å². The molecule has 3 rings (SSSR count). The van der Waals surface area contributed by atoms with E-state index in [0.29, 0.717) is 6.42 Å². The molecule has 0 aliphatic carbocycles. The zero-order valence-electron chi connectivity index (χ0n) is 14.6. The van der Waals surface area contributed by atoms with Crippen LogP contribution >= 0.6 is 0 Å². The zero-order valence-corrected chi connectivity index (χ0v) is 14.6. The molecule has 24 heavy (non-hydrogen) atoms. The van der Waals surface area contributed by atoms with Crippen LogP contribution in [0.4, 0.5) is 0 Å². The number of amides is 2. The van der Waals surface area contributed by atoms with E-state index in [1.807, 2.05) is 12.1 Å². The van der Waals surface area contributed by atoms with Crippen molar-refractivity contribution in [1.82, 2.24) is 14.7 Å². The van der Waals surface area contributed by atoms with E-state index in [-0.39, 0.29) is 30.4 Å². The van der Waals surface area contributed by atoms with Gasteiger partial charge < -0.3 is 14.5 Å². The molecule has 2 amide bonds. The van der Waals surface area contributed by atoms with Gasteiger partial charge in [-0.05, 0) is 24.1 Å². The van der Waals surface area contributed by atoms with Gasteiger partial charge in [0, 0.05) is 45.7 Å². The maximum absolute atomic E-state index is 12.3. The summed E-state index contributed by atoms with van der Waals surface area (Å²) in [4.78, 5) is 30.0. The van der Waals surface area contributed by atoms with Gasteiger partial charge in [-0.15, -0.1) is 0 Å². The van der Waals surface area contributed by atoms with Gasteiger partial charge in [0.25, 0.3) is 0 Å². The van der Waals surface area contributed by atoms with Gasteiger partial charge in [-0.25, -0.2) is 0 Å². The summed E-state index contributed by atoms with van der Waals surface area (Å²) >= 11 is 0. The minimum atomic E-state index is -0.0161. The van der Waals surface area contributed by atoms with E-state index < -0.39 is 0 Å². The lowest BCUT2D eigenvalue weighted by Crippen LogP contribution is -2.43. The number of carbonyl (C=O) groups is 2. The smallest absolute Gasteiger partial charge is 0.241 e. The first-order valence-corrected chi connectivity index (χ1v) is 8.36. The van der Waals surface area contributed by atoms with Gasteiger partial charge in [0.2, 0.25) is 11.8 Å².